The van der Waals surface area contributed by atoms with Gasteiger partial charge in [-0.3, -0.25) is 9.69 Å². The number of hydrogen-bond donors (Lipinski definition) is 2. The number of hydrogen-bond acceptors (Lipinski definition) is 4. The summed E-state index contributed by atoms with van der Waals surface area (Å²) in [7, 11) is 0. The molecule has 20 heavy (non-hydrogen) atoms. The van der Waals surface area contributed by atoms with Crippen LogP contribution in [0.25, 0.3) is 0 Å². The fraction of sp³-hybridized carbons (Fsp3) is 0.917. The number of carbonyl (C=O) groups excluding carboxylic acids is 1. The quantitative estimate of drug-likeness (QED) is 0.758. The molecule has 0 aromatic carbocycles. The average molecular weight is 295 g/mol. The van der Waals surface area contributed by atoms with Crippen molar-refractivity contribution in [2.24, 2.45) is 0 Å². The van der Waals surface area contributed by atoms with Crippen LogP contribution in [-0.4, -0.2) is 78.4 Å². The van der Waals surface area contributed by atoms with Crippen molar-refractivity contribution in [2.45, 2.75) is 24.6 Å². The van der Waals surface area contributed by atoms with Gasteiger partial charge in [-0.15, -0.1) is 0 Å². The third-order valence-electron chi connectivity index (χ3n) is 3.97. The number of likely N-dealkylation sites (tertiary alicyclic amines) is 1. The minimum atomic E-state index is -4.61. The van der Waals surface area contributed by atoms with Crippen LogP contribution in [0.2, 0.25) is 0 Å². The highest BCUT2D eigenvalue weighted by atomic mass is 19.4. The number of rotatable bonds is 3. The summed E-state index contributed by atoms with van der Waals surface area (Å²) in [6.07, 6.45) is -4.73. The third-order valence-corrected chi connectivity index (χ3v) is 3.97. The van der Waals surface area contributed by atoms with Gasteiger partial charge in [-0.1, -0.05) is 0 Å². The highest BCUT2D eigenvalue weighted by Crippen LogP contribution is 2.37. The first-order chi connectivity index (χ1) is 9.32. The summed E-state index contributed by atoms with van der Waals surface area (Å²) in [6, 6.07) is 0. The van der Waals surface area contributed by atoms with Crippen molar-refractivity contribution >= 4 is 5.91 Å². The van der Waals surface area contributed by atoms with Gasteiger partial charge in [0, 0.05) is 52.2 Å². The molecule has 2 aliphatic rings. The Bertz CT molecular complexity index is 358. The molecule has 0 saturated carbocycles. The molecule has 1 unspecified atom stereocenters. The van der Waals surface area contributed by atoms with Crippen LogP contribution < -0.4 is 5.32 Å². The standard InChI is InChI=1S/C12H20F3N3O2/c13-12(14,15)11(20)2-6-17(9-11)5-1-10(19)18-7-3-16-4-8-18/h16,20H,1-9H2. The molecule has 2 rings (SSSR count). The summed E-state index contributed by atoms with van der Waals surface area (Å²) in [5, 5.41) is 12.7. The molecule has 5 nitrogen and oxygen atoms in total. The van der Waals surface area contributed by atoms with E-state index in [-0.39, 0.29) is 31.8 Å². The Morgan fingerprint density at radius 2 is 1.90 bits per heavy atom. The number of nitrogens with one attached hydrogen (secondary N) is 1. The van der Waals surface area contributed by atoms with E-state index in [0.29, 0.717) is 13.1 Å². The first kappa shape index (κ1) is 15.5. The largest absolute Gasteiger partial charge is 0.418 e. The monoisotopic (exact) mass is 295 g/mol. The first-order valence-corrected chi connectivity index (χ1v) is 6.82. The maximum atomic E-state index is 12.6. The molecular formula is C12H20F3N3O2. The molecule has 0 bridgehead atoms. The molecule has 1 amide bonds. The number of nitrogens with zero attached hydrogens (tertiary/aromatic N) is 2. The Morgan fingerprint density at radius 1 is 1.25 bits per heavy atom. The summed E-state index contributed by atoms with van der Waals surface area (Å²) >= 11 is 0. The van der Waals surface area contributed by atoms with Crippen molar-refractivity contribution < 1.29 is 23.1 Å². The van der Waals surface area contributed by atoms with Crippen LogP contribution in [0, 0.1) is 0 Å². The molecule has 0 aromatic rings. The molecule has 0 radical (unpaired) electrons. The van der Waals surface area contributed by atoms with E-state index < -0.39 is 18.3 Å². The van der Waals surface area contributed by atoms with Crippen molar-refractivity contribution in [3.63, 3.8) is 0 Å². The third kappa shape index (κ3) is 3.42. The zero-order valence-electron chi connectivity index (χ0n) is 11.2. The molecule has 2 fully saturated rings. The van der Waals surface area contributed by atoms with Crippen LogP contribution in [-0.2, 0) is 4.79 Å². The molecule has 0 aliphatic carbocycles. The van der Waals surface area contributed by atoms with Crippen LogP contribution in [0.1, 0.15) is 12.8 Å². The van der Waals surface area contributed by atoms with Gasteiger partial charge in [0.2, 0.25) is 5.91 Å². The predicted molar refractivity (Wildman–Crippen MR) is 66.1 cm³/mol. The second-order valence-electron chi connectivity index (χ2n) is 5.44. The lowest BCUT2D eigenvalue weighted by Gasteiger charge is -2.29. The van der Waals surface area contributed by atoms with Crippen molar-refractivity contribution in [3.05, 3.63) is 0 Å². The van der Waals surface area contributed by atoms with Crippen LogP contribution in [0.3, 0.4) is 0 Å². The molecule has 116 valence electrons. The van der Waals surface area contributed by atoms with Crippen LogP contribution in [0.4, 0.5) is 13.2 Å². The van der Waals surface area contributed by atoms with Crippen molar-refractivity contribution in [1.82, 2.24) is 15.1 Å². The van der Waals surface area contributed by atoms with Gasteiger partial charge in [0.15, 0.2) is 5.60 Å². The molecule has 8 heteroatoms. The second-order valence-corrected chi connectivity index (χ2v) is 5.44. The highest BCUT2D eigenvalue weighted by molar-refractivity contribution is 5.76. The van der Waals surface area contributed by atoms with Crippen molar-refractivity contribution in [2.75, 3.05) is 45.8 Å². The lowest BCUT2D eigenvalue weighted by molar-refractivity contribution is -0.253. The Hall–Kier alpha value is -0.860. The van der Waals surface area contributed by atoms with Crippen LogP contribution in [0.15, 0.2) is 0 Å². The first-order valence-electron chi connectivity index (χ1n) is 6.82. The number of alkyl halides is 3. The van der Waals surface area contributed by atoms with E-state index in [1.54, 1.807) is 4.90 Å². The van der Waals surface area contributed by atoms with Gasteiger partial charge >= 0.3 is 6.18 Å². The Kier molecular flexibility index (Phi) is 4.55. The topological polar surface area (TPSA) is 55.8 Å². The van der Waals surface area contributed by atoms with Gasteiger partial charge in [0.25, 0.3) is 0 Å². The van der Waals surface area contributed by atoms with Gasteiger partial charge in [-0.2, -0.15) is 13.2 Å². The molecule has 2 aliphatic heterocycles. The Balaban J connectivity index is 1.77. The number of β-amino-alcohol motifs (C(OH)–C–C–N with tert-alkyl or cyclic N) is 1. The number of aliphatic hydroxyl groups is 1. The number of carbonyl (C=O) groups is 1. The van der Waals surface area contributed by atoms with Gasteiger partial charge in [0.05, 0.1) is 0 Å². The van der Waals surface area contributed by atoms with Gasteiger partial charge in [-0.25, -0.2) is 0 Å². The minimum absolute atomic E-state index is 0.0334. The second kappa shape index (κ2) is 5.87. The Labute approximate surface area is 115 Å². The van der Waals surface area contributed by atoms with Gasteiger partial charge < -0.3 is 15.3 Å². The van der Waals surface area contributed by atoms with Crippen LogP contribution in [0.5, 0.6) is 0 Å². The Morgan fingerprint density at radius 3 is 2.45 bits per heavy atom. The van der Waals surface area contributed by atoms with Crippen molar-refractivity contribution in [1.29, 1.82) is 0 Å². The summed E-state index contributed by atoms with van der Waals surface area (Å²) in [6.45, 7) is 2.79. The zero-order valence-corrected chi connectivity index (χ0v) is 11.2. The van der Waals surface area contributed by atoms with E-state index in [1.165, 1.54) is 4.90 Å². The van der Waals surface area contributed by atoms with Gasteiger partial charge in [0.1, 0.15) is 0 Å². The van der Waals surface area contributed by atoms with E-state index in [4.69, 9.17) is 0 Å². The molecule has 2 N–H and O–H groups in total. The fourth-order valence-electron chi connectivity index (χ4n) is 2.62. The number of amides is 1. The molecule has 0 aromatic heterocycles. The summed E-state index contributed by atoms with van der Waals surface area (Å²) in [5.74, 6) is -0.0334. The van der Waals surface area contributed by atoms with Crippen LogP contribution >= 0.6 is 0 Å². The SMILES string of the molecule is O=C(CCN1CCC(O)(C(F)(F)F)C1)N1CCNCC1. The lowest BCUT2D eigenvalue weighted by atomic mass is 10.0. The maximum Gasteiger partial charge on any atom is 0.418 e. The highest BCUT2D eigenvalue weighted by Gasteiger charge is 2.56. The fourth-order valence-corrected chi connectivity index (χ4v) is 2.62. The molecule has 2 heterocycles. The van der Waals surface area contributed by atoms with E-state index in [2.05, 4.69) is 5.32 Å². The van der Waals surface area contributed by atoms with E-state index in [9.17, 15) is 23.1 Å². The molecular weight excluding hydrogens is 275 g/mol. The summed E-state index contributed by atoms with van der Waals surface area (Å²) in [4.78, 5) is 15.1. The van der Waals surface area contributed by atoms with E-state index >= 15 is 0 Å². The predicted octanol–water partition coefficient (Wildman–Crippen LogP) is -0.193. The maximum absolute atomic E-state index is 12.6. The molecule has 0 spiro atoms. The molecule has 1 atom stereocenters. The van der Waals surface area contributed by atoms with Crippen molar-refractivity contribution in [3.8, 4) is 0 Å². The number of halogens is 3. The smallest absolute Gasteiger partial charge is 0.379 e. The van der Waals surface area contributed by atoms with E-state index in [1.807, 2.05) is 0 Å². The number of piperazine rings is 1. The average Bonchev–Trinajstić information content (AvgIpc) is 2.80. The minimum Gasteiger partial charge on any atom is -0.379 e. The lowest BCUT2D eigenvalue weighted by Crippen LogP contribution is -2.48. The summed E-state index contributed by atoms with van der Waals surface area (Å²) in [5.41, 5.74) is -2.62. The zero-order chi connectivity index (χ0) is 14.8. The summed E-state index contributed by atoms with van der Waals surface area (Å²) < 4.78 is 37.9. The normalized spacial score (nSPS) is 28.9. The molecule has 2 saturated heterocycles. The van der Waals surface area contributed by atoms with E-state index in [0.717, 1.165) is 13.1 Å². The van der Waals surface area contributed by atoms with Gasteiger partial charge in [-0.05, 0) is 6.42 Å².